The van der Waals surface area contributed by atoms with Gasteiger partial charge >= 0.3 is 0 Å². The Bertz CT molecular complexity index is 707. The van der Waals surface area contributed by atoms with Crippen LogP contribution < -0.4 is 9.64 Å². The number of phenols is 1. The summed E-state index contributed by atoms with van der Waals surface area (Å²) in [5.74, 6) is 0.993. The van der Waals surface area contributed by atoms with Crippen LogP contribution in [-0.2, 0) is 4.79 Å². The molecule has 0 aromatic heterocycles. The molecule has 0 aliphatic carbocycles. The number of aromatic hydroxyl groups is 1. The molecule has 1 aliphatic rings. The molecule has 3 rings (SSSR count). The third kappa shape index (κ3) is 4.66. The fourth-order valence-electron chi connectivity index (χ4n) is 3.00. The van der Waals surface area contributed by atoms with Crippen molar-refractivity contribution in [3.8, 4) is 11.5 Å². The fraction of sp³-hybridized carbons (Fsp3) is 0.350. The van der Waals surface area contributed by atoms with Crippen LogP contribution in [0, 0.1) is 6.92 Å². The van der Waals surface area contributed by atoms with E-state index in [1.807, 2.05) is 4.90 Å². The molecule has 0 spiro atoms. The van der Waals surface area contributed by atoms with Gasteiger partial charge in [-0.15, -0.1) is 0 Å². The number of aryl methyl sites for hydroxylation is 1. The molecule has 0 radical (unpaired) electrons. The van der Waals surface area contributed by atoms with Gasteiger partial charge in [0.1, 0.15) is 11.5 Å². The lowest BCUT2D eigenvalue weighted by Gasteiger charge is -2.36. The van der Waals surface area contributed by atoms with Crippen molar-refractivity contribution in [2.45, 2.75) is 13.3 Å². The van der Waals surface area contributed by atoms with Crippen molar-refractivity contribution < 1.29 is 14.6 Å². The van der Waals surface area contributed by atoms with Crippen molar-refractivity contribution in [3.05, 3.63) is 54.1 Å². The normalized spacial score (nSPS) is 14.4. The maximum Gasteiger partial charge on any atom is 0.226 e. The molecule has 1 fully saturated rings. The van der Waals surface area contributed by atoms with E-state index in [4.69, 9.17) is 4.74 Å². The minimum Gasteiger partial charge on any atom is -0.508 e. The smallest absolute Gasteiger partial charge is 0.226 e. The van der Waals surface area contributed by atoms with Gasteiger partial charge in [-0.1, -0.05) is 12.1 Å². The van der Waals surface area contributed by atoms with E-state index in [9.17, 15) is 9.90 Å². The van der Waals surface area contributed by atoms with E-state index >= 15 is 0 Å². The lowest BCUT2D eigenvalue weighted by molar-refractivity contribution is -0.132. The molecule has 0 bridgehead atoms. The Morgan fingerprint density at radius 3 is 2.48 bits per heavy atom. The van der Waals surface area contributed by atoms with E-state index in [-0.39, 0.29) is 11.7 Å². The quantitative estimate of drug-likeness (QED) is 0.909. The summed E-state index contributed by atoms with van der Waals surface area (Å²) >= 11 is 0. The van der Waals surface area contributed by atoms with E-state index < -0.39 is 0 Å². The molecular weight excluding hydrogens is 316 g/mol. The van der Waals surface area contributed by atoms with Crippen molar-refractivity contribution >= 4 is 11.6 Å². The summed E-state index contributed by atoms with van der Waals surface area (Å²) in [6.07, 6.45) is 0.366. The van der Waals surface area contributed by atoms with E-state index in [0.717, 1.165) is 26.2 Å². The molecule has 1 heterocycles. The van der Waals surface area contributed by atoms with Crippen molar-refractivity contribution in [2.24, 2.45) is 0 Å². The predicted molar refractivity (Wildman–Crippen MR) is 98.2 cm³/mol. The topological polar surface area (TPSA) is 53.0 Å². The summed E-state index contributed by atoms with van der Waals surface area (Å²) in [5.41, 5.74) is 2.48. The van der Waals surface area contributed by atoms with Gasteiger partial charge in [-0.25, -0.2) is 0 Å². The van der Waals surface area contributed by atoms with Gasteiger partial charge in [-0.3, -0.25) is 4.79 Å². The first-order valence-electron chi connectivity index (χ1n) is 8.63. The second kappa shape index (κ2) is 7.92. The van der Waals surface area contributed by atoms with Crippen LogP contribution in [-0.4, -0.2) is 48.7 Å². The average molecular weight is 340 g/mol. The highest BCUT2D eigenvalue weighted by molar-refractivity contribution is 5.76. The van der Waals surface area contributed by atoms with Crippen LogP contribution >= 0.6 is 0 Å². The van der Waals surface area contributed by atoms with Crippen molar-refractivity contribution in [1.29, 1.82) is 0 Å². The number of phenolic OH excluding ortho intramolecular Hbond substituents is 1. The number of ether oxygens (including phenoxy) is 1. The second-order valence-corrected chi connectivity index (χ2v) is 6.30. The van der Waals surface area contributed by atoms with Gasteiger partial charge < -0.3 is 19.6 Å². The molecule has 25 heavy (non-hydrogen) atoms. The highest BCUT2D eigenvalue weighted by Gasteiger charge is 2.21. The minimum atomic E-state index is 0.127. The first-order chi connectivity index (χ1) is 12.1. The Kier molecular flexibility index (Phi) is 5.43. The number of hydrogen-bond acceptors (Lipinski definition) is 4. The molecule has 2 aromatic rings. The lowest BCUT2D eigenvalue weighted by Crippen LogP contribution is -2.49. The third-order valence-corrected chi connectivity index (χ3v) is 4.42. The van der Waals surface area contributed by atoms with E-state index in [0.29, 0.717) is 18.8 Å². The van der Waals surface area contributed by atoms with Gasteiger partial charge in [0.05, 0.1) is 13.0 Å². The number of benzene rings is 2. The third-order valence-electron chi connectivity index (χ3n) is 4.42. The van der Waals surface area contributed by atoms with E-state index in [1.165, 1.54) is 11.3 Å². The fourth-order valence-corrected chi connectivity index (χ4v) is 3.00. The largest absolute Gasteiger partial charge is 0.508 e. The number of nitrogens with zero attached hydrogens (tertiary/aromatic N) is 2. The second-order valence-electron chi connectivity index (χ2n) is 6.30. The Morgan fingerprint density at radius 1 is 1.08 bits per heavy atom. The predicted octanol–water partition coefficient (Wildman–Crippen LogP) is 2.82. The number of rotatable bonds is 5. The van der Waals surface area contributed by atoms with Gasteiger partial charge in [0.25, 0.3) is 0 Å². The standard InChI is InChI=1S/C20H24N2O3/c1-16-3-2-4-17(15-16)21-10-12-22(13-11-21)20(24)9-14-25-19-7-5-18(23)6-8-19/h2-8,15,23H,9-14H2,1H3. The molecule has 0 atom stereocenters. The Morgan fingerprint density at radius 2 is 1.80 bits per heavy atom. The number of piperazine rings is 1. The lowest BCUT2D eigenvalue weighted by atomic mass is 10.2. The zero-order chi connectivity index (χ0) is 17.6. The summed E-state index contributed by atoms with van der Waals surface area (Å²) < 4.78 is 5.56. The molecule has 5 heteroatoms. The Labute approximate surface area is 148 Å². The van der Waals surface area contributed by atoms with Crippen molar-refractivity contribution in [2.75, 3.05) is 37.7 Å². The summed E-state index contributed by atoms with van der Waals surface area (Å²) in [6, 6.07) is 15.0. The van der Waals surface area contributed by atoms with Gasteiger partial charge in [0.15, 0.2) is 0 Å². The summed E-state index contributed by atoms with van der Waals surface area (Å²) in [5, 5.41) is 9.24. The van der Waals surface area contributed by atoms with Crippen LogP contribution in [0.25, 0.3) is 0 Å². The number of carbonyl (C=O) groups excluding carboxylic acids is 1. The summed E-state index contributed by atoms with van der Waals surface area (Å²) in [7, 11) is 0. The first-order valence-corrected chi connectivity index (χ1v) is 8.63. The SMILES string of the molecule is Cc1cccc(N2CCN(C(=O)CCOc3ccc(O)cc3)CC2)c1. The highest BCUT2D eigenvalue weighted by atomic mass is 16.5. The van der Waals surface area contributed by atoms with Gasteiger partial charge in [0, 0.05) is 31.9 Å². The average Bonchev–Trinajstić information content (AvgIpc) is 2.63. The first kappa shape index (κ1) is 17.1. The molecule has 0 saturated carbocycles. The number of amides is 1. The Hall–Kier alpha value is -2.69. The van der Waals surface area contributed by atoms with Gasteiger partial charge in [0.2, 0.25) is 5.91 Å². The van der Waals surface area contributed by atoms with E-state index in [2.05, 4.69) is 36.1 Å². The number of anilines is 1. The van der Waals surface area contributed by atoms with Crippen LogP contribution in [0.3, 0.4) is 0 Å². The van der Waals surface area contributed by atoms with Crippen LogP contribution in [0.15, 0.2) is 48.5 Å². The molecule has 1 saturated heterocycles. The minimum absolute atomic E-state index is 0.127. The molecule has 2 aromatic carbocycles. The summed E-state index contributed by atoms with van der Waals surface area (Å²) in [6.45, 7) is 5.64. The maximum absolute atomic E-state index is 12.3. The Balaban J connectivity index is 1.43. The van der Waals surface area contributed by atoms with Crippen LogP contribution in [0.2, 0.25) is 0 Å². The molecule has 5 nitrogen and oxygen atoms in total. The molecule has 1 amide bonds. The zero-order valence-electron chi connectivity index (χ0n) is 14.5. The van der Waals surface area contributed by atoms with Crippen molar-refractivity contribution in [3.63, 3.8) is 0 Å². The number of carbonyl (C=O) groups is 1. The molecule has 1 N–H and O–H groups in total. The highest BCUT2D eigenvalue weighted by Crippen LogP contribution is 2.19. The van der Waals surface area contributed by atoms with Gasteiger partial charge in [-0.2, -0.15) is 0 Å². The molecule has 0 unspecified atom stereocenters. The molecule has 1 aliphatic heterocycles. The van der Waals surface area contributed by atoms with Crippen LogP contribution in [0.1, 0.15) is 12.0 Å². The van der Waals surface area contributed by atoms with Crippen molar-refractivity contribution in [1.82, 2.24) is 4.90 Å². The maximum atomic E-state index is 12.3. The van der Waals surface area contributed by atoms with Crippen LogP contribution in [0.4, 0.5) is 5.69 Å². The van der Waals surface area contributed by atoms with Gasteiger partial charge in [-0.05, 0) is 48.9 Å². The molecule has 132 valence electrons. The van der Waals surface area contributed by atoms with E-state index in [1.54, 1.807) is 24.3 Å². The van der Waals surface area contributed by atoms with Crippen LogP contribution in [0.5, 0.6) is 11.5 Å². The summed E-state index contributed by atoms with van der Waals surface area (Å²) in [4.78, 5) is 16.6. The molecular formula is C20H24N2O3. The zero-order valence-corrected chi connectivity index (χ0v) is 14.5. The monoisotopic (exact) mass is 340 g/mol. The number of hydrogen-bond donors (Lipinski definition) is 1.